The molecule has 2 saturated carbocycles. The molecule has 2 fully saturated rings. The van der Waals surface area contributed by atoms with Gasteiger partial charge in [0.15, 0.2) is 5.78 Å². The number of carbonyl (C=O) groups is 1. The number of rotatable bonds is 1. The molecule has 12 heavy (non-hydrogen) atoms. The lowest BCUT2D eigenvalue weighted by Gasteiger charge is -2.50. The van der Waals surface area contributed by atoms with Crippen molar-refractivity contribution in [1.82, 2.24) is 0 Å². The summed E-state index contributed by atoms with van der Waals surface area (Å²) in [6.45, 7) is 0. The average Bonchev–Trinajstić information content (AvgIpc) is 2.04. The number of fused-ring (bicyclic) bond motifs is 1. The summed E-state index contributed by atoms with van der Waals surface area (Å²) in [5.74, 6) is 0.501. The Balaban J connectivity index is 2.13. The van der Waals surface area contributed by atoms with Gasteiger partial charge in [0.25, 0.3) is 0 Å². The van der Waals surface area contributed by atoms with Crippen LogP contribution >= 0.6 is 0 Å². The van der Waals surface area contributed by atoms with E-state index in [0.717, 1.165) is 6.42 Å². The van der Waals surface area contributed by atoms with Gasteiger partial charge in [-0.25, -0.2) is 0 Å². The van der Waals surface area contributed by atoms with Gasteiger partial charge in [0.05, 0.1) is 6.10 Å². The lowest BCUT2D eigenvalue weighted by molar-refractivity contribution is -0.183. The van der Waals surface area contributed by atoms with E-state index in [2.05, 4.69) is 0 Å². The second kappa shape index (κ2) is 2.54. The number of hydrogen-bond donors (Lipinski definition) is 1. The van der Waals surface area contributed by atoms with Crippen molar-refractivity contribution in [3.05, 3.63) is 0 Å². The molecule has 3 atom stereocenters. The van der Waals surface area contributed by atoms with E-state index in [4.69, 9.17) is 4.74 Å². The van der Waals surface area contributed by atoms with Crippen LogP contribution in [0.4, 0.5) is 0 Å². The molecule has 0 bridgehead atoms. The second-order valence-corrected chi connectivity index (χ2v) is 3.85. The SMILES string of the molecule is COC12CCC(O)CC1CC2=O. The zero-order chi connectivity index (χ0) is 8.77. The van der Waals surface area contributed by atoms with E-state index in [-0.39, 0.29) is 17.8 Å². The van der Waals surface area contributed by atoms with E-state index in [1.165, 1.54) is 0 Å². The quantitative estimate of drug-likeness (QED) is 0.623. The summed E-state index contributed by atoms with van der Waals surface area (Å²) in [6, 6.07) is 0. The Bertz CT molecular complexity index is 214. The van der Waals surface area contributed by atoms with Crippen molar-refractivity contribution in [2.75, 3.05) is 7.11 Å². The highest BCUT2D eigenvalue weighted by atomic mass is 16.5. The van der Waals surface area contributed by atoms with E-state index in [1.807, 2.05) is 0 Å². The minimum Gasteiger partial charge on any atom is -0.393 e. The smallest absolute Gasteiger partial charge is 0.165 e. The minimum atomic E-state index is -0.501. The maximum absolute atomic E-state index is 11.3. The molecule has 0 aliphatic heterocycles. The summed E-state index contributed by atoms with van der Waals surface area (Å²) in [6.07, 6.45) is 2.53. The van der Waals surface area contributed by atoms with Gasteiger partial charge in [-0.3, -0.25) is 4.79 Å². The monoisotopic (exact) mass is 170 g/mol. The molecule has 3 nitrogen and oxygen atoms in total. The third kappa shape index (κ3) is 0.866. The Morgan fingerprint density at radius 2 is 2.42 bits per heavy atom. The van der Waals surface area contributed by atoms with Gasteiger partial charge in [-0.2, -0.15) is 0 Å². The number of Topliss-reactive ketones (excluding diaryl/α,β-unsaturated/α-hetero) is 1. The van der Waals surface area contributed by atoms with Crippen molar-refractivity contribution >= 4 is 5.78 Å². The molecule has 0 spiro atoms. The van der Waals surface area contributed by atoms with Crippen LogP contribution in [0.5, 0.6) is 0 Å². The fraction of sp³-hybridized carbons (Fsp3) is 0.889. The molecule has 0 amide bonds. The first kappa shape index (κ1) is 8.20. The summed E-state index contributed by atoms with van der Waals surface area (Å²) in [7, 11) is 1.60. The molecule has 3 unspecified atom stereocenters. The molecule has 0 radical (unpaired) electrons. The van der Waals surface area contributed by atoms with Gasteiger partial charge in [0.1, 0.15) is 5.60 Å². The van der Waals surface area contributed by atoms with Crippen molar-refractivity contribution in [3.63, 3.8) is 0 Å². The van der Waals surface area contributed by atoms with E-state index < -0.39 is 5.60 Å². The molecule has 0 heterocycles. The summed E-state index contributed by atoms with van der Waals surface area (Å²) >= 11 is 0. The standard InChI is InChI=1S/C9H14O3/c1-12-9-3-2-7(10)4-6(9)5-8(9)11/h6-7,10H,2-5H2,1H3. The fourth-order valence-electron chi connectivity index (χ4n) is 2.49. The molecule has 0 aromatic heterocycles. The highest BCUT2D eigenvalue weighted by Crippen LogP contribution is 2.47. The van der Waals surface area contributed by atoms with Gasteiger partial charge < -0.3 is 9.84 Å². The number of methoxy groups -OCH3 is 1. The Hall–Kier alpha value is -0.410. The van der Waals surface area contributed by atoms with Crippen LogP contribution in [0.15, 0.2) is 0 Å². The van der Waals surface area contributed by atoms with Crippen molar-refractivity contribution in [2.45, 2.75) is 37.4 Å². The van der Waals surface area contributed by atoms with Crippen molar-refractivity contribution < 1.29 is 14.6 Å². The zero-order valence-corrected chi connectivity index (χ0v) is 7.25. The van der Waals surface area contributed by atoms with Crippen LogP contribution in [-0.4, -0.2) is 29.7 Å². The summed E-state index contributed by atoms with van der Waals surface area (Å²) < 4.78 is 5.28. The van der Waals surface area contributed by atoms with Gasteiger partial charge in [-0.1, -0.05) is 0 Å². The predicted octanol–water partition coefficient (Wildman–Crippen LogP) is 0.505. The summed E-state index contributed by atoms with van der Waals surface area (Å²) in [5.41, 5.74) is -0.501. The molecule has 3 heteroatoms. The highest BCUT2D eigenvalue weighted by molar-refractivity contribution is 5.94. The van der Waals surface area contributed by atoms with Crippen LogP contribution in [0, 0.1) is 5.92 Å². The van der Waals surface area contributed by atoms with Crippen LogP contribution in [0.1, 0.15) is 25.7 Å². The summed E-state index contributed by atoms with van der Waals surface area (Å²) in [5, 5.41) is 9.36. The first-order chi connectivity index (χ1) is 5.69. The van der Waals surface area contributed by atoms with Gasteiger partial charge in [0.2, 0.25) is 0 Å². The molecule has 2 aliphatic rings. The minimum absolute atomic E-state index is 0.216. The van der Waals surface area contributed by atoms with Gasteiger partial charge in [-0.15, -0.1) is 0 Å². The number of hydrogen-bond acceptors (Lipinski definition) is 3. The van der Waals surface area contributed by atoms with E-state index in [9.17, 15) is 9.90 Å². The molecule has 1 N–H and O–H groups in total. The summed E-state index contributed by atoms with van der Waals surface area (Å²) in [4.78, 5) is 11.3. The Kier molecular flexibility index (Phi) is 1.73. The lowest BCUT2D eigenvalue weighted by Crippen LogP contribution is -2.61. The van der Waals surface area contributed by atoms with Crippen LogP contribution < -0.4 is 0 Å². The molecular weight excluding hydrogens is 156 g/mol. The van der Waals surface area contributed by atoms with E-state index >= 15 is 0 Å². The second-order valence-electron chi connectivity index (χ2n) is 3.85. The molecule has 68 valence electrons. The van der Waals surface area contributed by atoms with Gasteiger partial charge in [0, 0.05) is 19.4 Å². The first-order valence-electron chi connectivity index (χ1n) is 4.45. The highest BCUT2D eigenvalue weighted by Gasteiger charge is 2.57. The Morgan fingerprint density at radius 1 is 1.67 bits per heavy atom. The molecule has 0 saturated heterocycles. The van der Waals surface area contributed by atoms with Crippen LogP contribution in [0.3, 0.4) is 0 Å². The van der Waals surface area contributed by atoms with Crippen LogP contribution in [0.2, 0.25) is 0 Å². The average molecular weight is 170 g/mol. The third-order valence-corrected chi connectivity index (χ3v) is 3.33. The van der Waals surface area contributed by atoms with E-state index in [0.29, 0.717) is 19.3 Å². The molecule has 2 aliphatic carbocycles. The molecule has 0 aromatic rings. The molecule has 0 aromatic carbocycles. The van der Waals surface area contributed by atoms with Crippen molar-refractivity contribution in [1.29, 1.82) is 0 Å². The van der Waals surface area contributed by atoms with Crippen LogP contribution in [-0.2, 0) is 9.53 Å². The zero-order valence-electron chi connectivity index (χ0n) is 7.25. The normalized spacial score (nSPS) is 46.7. The number of aliphatic hydroxyl groups is 1. The maximum Gasteiger partial charge on any atom is 0.165 e. The third-order valence-electron chi connectivity index (χ3n) is 3.33. The maximum atomic E-state index is 11.3. The first-order valence-corrected chi connectivity index (χ1v) is 4.45. The topological polar surface area (TPSA) is 46.5 Å². The Labute approximate surface area is 71.7 Å². The number of aliphatic hydroxyl groups excluding tert-OH is 1. The van der Waals surface area contributed by atoms with Crippen molar-refractivity contribution in [2.24, 2.45) is 5.92 Å². The Morgan fingerprint density at radius 3 is 2.92 bits per heavy atom. The van der Waals surface area contributed by atoms with Crippen molar-refractivity contribution in [3.8, 4) is 0 Å². The van der Waals surface area contributed by atoms with Crippen LogP contribution in [0.25, 0.3) is 0 Å². The molecular formula is C9H14O3. The number of carbonyl (C=O) groups excluding carboxylic acids is 1. The largest absolute Gasteiger partial charge is 0.393 e. The lowest BCUT2D eigenvalue weighted by atomic mass is 9.60. The number of ketones is 1. The molecule has 2 rings (SSSR count). The van der Waals surface area contributed by atoms with Gasteiger partial charge >= 0.3 is 0 Å². The van der Waals surface area contributed by atoms with Gasteiger partial charge in [-0.05, 0) is 19.3 Å². The fourth-order valence-corrected chi connectivity index (χ4v) is 2.49. The van der Waals surface area contributed by atoms with E-state index in [1.54, 1.807) is 7.11 Å². The number of ether oxygens (including phenoxy) is 1. The predicted molar refractivity (Wildman–Crippen MR) is 42.7 cm³/mol.